The zero-order valence-corrected chi connectivity index (χ0v) is 16.4. The van der Waals surface area contributed by atoms with Gasteiger partial charge in [0.25, 0.3) is 0 Å². The molecule has 1 saturated heterocycles. The first-order chi connectivity index (χ1) is 14.6. The highest BCUT2D eigenvalue weighted by molar-refractivity contribution is 5.57. The molecule has 0 bridgehead atoms. The van der Waals surface area contributed by atoms with Crippen LogP contribution in [-0.2, 0) is 18.8 Å². The number of halogens is 5. The number of aliphatic hydroxyl groups is 1. The van der Waals surface area contributed by atoms with Gasteiger partial charge in [-0.05, 0) is 36.6 Å². The van der Waals surface area contributed by atoms with E-state index in [2.05, 4.69) is 15.1 Å². The Morgan fingerprint density at radius 1 is 1.03 bits per heavy atom. The third-order valence-electron chi connectivity index (χ3n) is 5.43. The Morgan fingerprint density at radius 2 is 1.74 bits per heavy atom. The molecule has 0 spiro atoms. The molecule has 6 nitrogen and oxygen atoms in total. The molecule has 1 aromatic carbocycles. The molecule has 1 N–H and O–H groups in total. The Morgan fingerprint density at radius 3 is 2.35 bits per heavy atom. The summed E-state index contributed by atoms with van der Waals surface area (Å²) < 4.78 is 66.7. The van der Waals surface area contributed by atoms with E-state index in [1.807, 2.05) is 4.90 Å². The zero-order valence-electron chi connectivity index (χ0n) is 16.4. The Hall–Kier alpha value is -3.08. The Kier molecular flexibility index (Phi) is 5.16. The minimum Gasteiger partial charge on any atom is -0.385 e. The molecule has 3 heterocycles. The monoisotopic (exact) mass is 439 g/mol. The molecule has 1 aliphatic heterocycles. The number of hydrogen-bond acceptors (Lipinski definition) is 5. The van der Waals surface area contributed by atoms with Crippen molar-refractivity contribution < 1.29 is 27.1 Å². The van der Waals surface area contributed by atoms with E-state index < -0.39 is 29.1 Å². The van der Waals surface area contributed by atoms with Gasteiger partial charge in [0.05, 0.1) is 23.7 Å². The highest BCUT2D eigenvalue weighted by Gasteiger charge is 2.36. The van der Waals surface area contributed by atoms with Crippen molar-refractivity contribution in [3.8, 4) is 11.4 Å². The smallest absolute Gasteiger partial charge is 0.385 e. The van der Waals surface area contributed by atoms with Crippen molar-refractivity contribution in [1.82, 2.24) is 19.7 Å². The summed E-state index contributed by atoms with van der Waals surface area (Å²) in [6.07, 6.45) is -1.28. The molecule has 2 aromatic heterocycles. The van der Waals surface area contributed by atoms with Crippen LogP contribution in [0.1, 0.15) is 24.1 Å². The minimum atomic E-state index is -4.57. The van der Waals surface area contributed by atoms with E-state index >= 15 is 0 Å². The average Bonchev–Trinajstić information content (AvgIpc) is 3.13. The summed E-state index contributed by atoms with van der Waals surface area (Å²) in [5.41, 5.74) is -1.66. The predicted molar refractivity (Wildman–Crippen MR) is 101 cm³/mol. The zero-order chi connectivity index (χ0) is 22.4. The maximum atomic E-state index is 13.6. The maximum Gasteiger partial charge on any atom is 0.435 e. The van der Waals surface area contributed by atoms with Crippen LogP contribution >= 0.6 is 0 Å². The first kappa shape index (κ1) is 21.2. The van der Waals surface area contributed by atoms with Crippen molar-refractivity contribution in [1.29, 1.82) is 0 Å². The van der Waals surface area contributed by atoms with E-state index in [0.29, 0.717) is 24.5 Å². The predicted octanol–water partition coefficient (Wildman–Crippen LogP) is 3.66. The van der Waals surface area contributed by atoms with Gasteiger partial charge in [-0.1, -0.05) is 6.07 Å². The number of rotatable bonds is 3. The van der Waals surface area contributed by atoms with Crippen molar-refractivity contribution in [2.45, 2.75) is 24.6 Å². The molecule has 31 heavy (non-hydrogen) atoms. The Balaban J connectivity index is 1.54. The fraction of sp³-hybridized carbons (Fsp3) is 0.350. The third kappa shape index (κ3) is 4.09. The van der Waals surface area contributed by atoms with E-state index in [4.69, 9.17) is 0 Å². The summed E-state index contributed by atoms with van der Waals surface area (Å²) in [7, 11) is 1.39. The summed E-state index contributed by atoms with van der Waals surface area (Å²) in [5, 5.41) is 14.4. The van der Waals surface area contributed by atoms with Crippen molar-refractivity contribution >= 4 is 5.82 Å². The van der Waals surface area contributed by atoms with Gasteiger partial charge in [-0.2, -0.15) is 18.3 Å². The topological polar surface area (TPSA) is 67.1 Å². The van der Waals surface area contributed by atoms with Crippen LogP contribution in [0.5, 0.6) is 0 Å². The second-order valence-electron chi connectivity index (χ2n) is 7.45. The number of anilines is 1. The van der Waals surface area contributed by atoms with Gasteiger partial charge in [0.2, 0.25) is 0 Å². The lowest BCUT2D eigenvalue weighted by atomic mass is 9.84. The van der Waals surface area contributed by atoms with Gasteiger partial charge in [0.15, 0.2) is 17.3 Å². The van der Waals surface area contributed by atoms with Crippen molar-refractivity contribution in [2.24, 2.45) is 7.05 Å². The molecule has 0 atom stereocenters. The van der Waals surface area contributed by atoms with E-state index in [1.165, 1.54) is 25.5 Å². The third-order valence-corrected chi connectivity index (χ3v) is 5.43. The largest absolute Gasteiger partial charge is 0.435 e. The lowest BCUT2D eigenvalue weighted by Gasteiger charge is -2.39. The Bertz CT molecular complexity index is 1110. The van der Waals surface area contributed by atoms with Crippen LogP contribution < -0.4 is 4.90 Å². The van der Waals surface area contributed by atoms with Crippen LogP contribution in [0.15, 0.2) is 36.7 Å². The highest BCUT2D eigenvalue weighted by atomic mass is 19.4. The maximum absolute atomic E-state index is 13.6. The van der Waals surface area contributed by atoms with Crippen LogP contribution in [-0.4, -0.2) is 37.9 Å². The summed E-state index contributed by atoms with van der Waals surface area (Å²) in [4.78, 5) is 10.3. The van der Waals surface area contributed by atoms with Crippen LogP contribution in [0.2, 0.25) is 0 Å². The summed E-state index contributed by atoms with van der Waals surface area (Å²) in [6, 6.07) is 4.24. The molecule has 1 aliphatic rings. The van der Waals surface area contributed by atoms with Gasteiger partial charge in [0, 0.05) is 20.1 Å². The van der Waals surface area contributed by atoms with Crippen molar-refractivity contribution in [2.75, 3.05) is 18.0 Å². The number of benzene rings is 1. The van der Waals surface area contributed by atoms with Crippen LogP contribution in [0.25, 0.3) is 11.4 Å². The number of aromatic nitrogens is 4. The van der Waals surface area contributed by atoms with E-state index in [-0.39, 0.29) is 24.2 Å². The number of hydrogen-bond donors (Lipinski definition) is 1. The molecule has 11 heteroatoms. The summed E-state index contributed by atoms with van der Waals surface area (Å²) in [6.45, 7) is 0.680. The summed E-state index contributed by atoms with van der Waals surface area (Å²) >= 11 is 0. The molecule has 0 unspecified atom stereocenters. The van der Waals surface area contributed by atoms with Gasteiger partial charge in [-0.15, -0.1) is 0 Å². The molecular formula is C20H18F5N5O. The molecule has 4 rings (SSSR count). The summed E-state index contributed by atoms with van der Waals surface area (Å²) in [5.74, 6) is -1.58. The van der Waals surface area contributed by atoms with E-state index in [0.717, 1.165) is 22.9 Å². The van der Waals surface area contributed by atoms with E-state index in [1.54, 1.807) is 0 Å². The van der Waals surface area contributed by atoms with Crippen LogP contribution in [0.4, 0.5) is 27.8 Å². The van der Waals surface area contributed by atoms with E-state index in [9.17, 15) is 27.1 Å². The Labute approximate surface area is 174 Å². The van der Waals surface area contributed by atoms with Gasteiger partial charge in [-0.25, -0.2) is 13.8 Å². The van der Waals surface area contributed by atoms with Gasteiger partial charge in [0.1, 0.15) is 11.5 Å². The molecule has 3 aromatic rings. The number of piperidine rings is 1. The SMILES string of the molecule is Cn1nc(C(F)(F)F)cc1-c1cncc(N2CCC(O)(c3ccc(F)c(F)c3)CC2)n1. The van der Waals surface area contributed by atoms with Crippen molar-refractivity contribution in [3.05, 3.63) is 59.6 Å². The first-order valence-electron chi connectivity index (χ1n) is 9.43. The second kappa shape index (κ2) is 7.56. The number of alkyl halides is 3. The number of nitrogens with zero attached hydrogens (tertiary/aromatic N) is 5. The normalized spacial score (nSPS) is 16.5. The molecule has 0 radical (unpaired) electrons. The second-order valence-corrected chi connectivity index (χ2v) is 7.45. The first-order valence-corrected chi connectivity index (χ1v) is 9.43. The molecule has 164 valence electrons. The molecule has 1 fully saturated rings. The van der Waals surface area contributed by atoms with Gasteiger partial charge >= 0.3 is 6.18 Å². The van der Waals surface area contributed by atoms with Crippen LogP contribution in [0.3, 0.4) is 0 Å². The van der Waals surface area contributed by atoms with Gasteiger partial charge < -0.3 is 10.0 Å². The number of aryl methyl sites for hydroxylation is 1. The van der Waals surface area contributed by atoms with Gasteiger partial charge in [-0.3, -0.25) is 9.67 Å². The quantitative estimate of drug-likeness (QED) is 0.631. The van der Waals surface area contributed by atoms with Crippen LogP contribution in [0, 0.1) is 11.6 Å². The lowest BCUT2D eigenvalue weighted by Crippen LogP contribution is -2.43. The molecule has 0 saturated carbocycles. The van der Waals surface area contributed by atoms with Crippen molar-refractivity contribution in [3.63, 3.8) is 0 Å². The minimum absolute atomic E-state index is 0.164. The molecular weight excluding hydrogens is 421 g/mol. The molecule has 0 amide bonds. The highest BCUT2D eigenvalue weighted by Crippen LogP contribution is 2.35. The standard InChI is InChI=1S/C20H18F5N5O/c1-29-16(9-17(28-29)20(23,24)25)15-10-26-11-18(27-15)30-6-4-19(31,5-7-30)12-2-3-13(21)14(22)8-12/h2-3,8-11,31H,4-7H2,1H3. The fourth-order valence-corrected chi connectivity index (χ4v) is 3.66. The average molecular weight is 439 g/mol. The fourth-order valence-electron chi connectivity index (χ4n) is 3.66. The molecule has 0 aliphatic carbocycles. The lowest BCUT2D eigenvalue weighted by molar-refractivity contribution is -0.141.